The zero-order chi connectivity index (χ0) is 12.7. The molecule has 1 aromatic rings. The molecule has 1 aromatic heterocycles. The van der Waals surface area contributed by atoms with Crippen molar-refractivity contribution >= 4 is 33.2 Å². The molecule has 2 fully saturated rings. The van der Waals surface area contributed by atoms with Crippen molar-refractivity contribution in [1.82, 2.24) is 10.2 Å². The van der Waals surface area contributed by atoms with E-state index in [1.807, 2.05) is 17.9 Å². The second kappa shape index (κ2) is 4.94. The summed E-state index contributed by atoms with van der Waals surface area (Å²) in [6.07, 6.45) is 2.50. The molecular weight excluding hydrogens is 312 g/mol. The Labute approximate surface area is 120 Å². The topological polar surface area (TPSA) is 32.3 Å². The fourth-order valence-corrected chi connectivity index (χ4v) is 4.44. The number of rotatable bonds is 1. The monoisotopic (exact) mass is 328 g/mol. The third-order valence-electron chi connectivity index (χ3n) is 3.95. The number of aryl methyl sites for hydroxylation is 1. The third-order valence-corrected chi connectivity index (χ3v) is 6.08. The van der Waals surface area contributed by atoms with Gasteiger partial charge in [-0.15, -0.1) is 11.3 Å². The van der Waals surface area contributed by atoms with Crippen LogP contribution in [-0.4, -0.2) is 36.5 Å². The van der Waals surface area contributed by atoms with E-state index in [9.17, 15) is 4.79 Å². The van der Waals surface area contributed by atoms with Crippen LogP contribution in [-0.2, 0) is 0 Å². The normalized spacial score (nSPS) is 27.3. The van der Waals surface area contributed by atoms with E-state index in [1.54, 1.807) is 11.3 Å². The molecule has 2 atom stereocenters. The highest BCUT2D eigenvalue weighted by molar-refractivity contribution is 9.11. The maximum Gasteiger partial charge on any atom is 0.264 e. The summed E-state index contributed by atoms with van der Waals surface area (Å²) in [5.41, 5.74) is 1.15. The summed E-state index contributed by atoms with van der Waals surface area (Å²) in [5, 5.41) is 3.53. The average Bonchev–Trinajstić information content (AvgIpc) is 2.93. The van der Waals surface area contributed by atoms with Gasteiger partial charge in [-0.1, -0.05) is 0 Å². The molecule has 0 spiro atoms. The van der Waals surface area contributed by atoms with Gasteiger partial charge in [0.05, 0.1) is 8.66 Å². The van der Waals surface area contributed by atoms with Crippen LogP contribution in [0.5, 0.6) is 0 Å². The smallest absolute Gasteiger partial charge is 0.264 e. The van der Waals surface area contributed by atoms with Gasteiger partial charge in [0.2, 0.25) is 0 Å². The molecule has 2 unspecified atom stereocenters. The average molecular weight is 329 g/mol. The van der Waals surface area contributed by atoms with Crippen LogP contribution in [0.2, 0.25) is 0 Å². The van der Waals surface area contributed by atoms with Crippen molar-refractivity contribution < 1.29 is 4.79 Å². The highest BCUT2D eigenvalue weighted by atomic mass is 79.9. The van der Waals surface area contributed by atoms with Crippen LogP contribution in [0.4, 0.5) is 0 Å². The predicted molar refractivity (Wildman–Crippen MR) is 77.2 cm³/mol. The second-order valence-electron chi connectivity index (χ2n) is 5.24. The minimum absolute atomic E-state index is 0.199. The molecule has 0 saturated carbocycles. The molecule has 3 nitrogen and oxygen atoms in total. The number of carbonyl (C=O) groups is 1. The maximum absolute atomic E-state index is 12.4. The number of hydrogen-bond donors (Lipinski definition) is 1. The highest BCUT2D eigenvalue weighted by Gasteiger charge is 2.36. The standard InChI is InChI=1S/C13H17BrN2OS/c1-8-5-11(18-12(8)14)13(17)16-6-9-3-2-4-15-10(9)7-16/h5,9-10,15H,2-4,6-7H2,1H3. The summed E-state index contributed by atoms with van der Waals surface area (Å²) in [6, 6.07) is 2.51. The lowest BCUT2D eigenvalue weighted by molar-refractivity contribution is 0.0790. The Morgan fingerprint density at radius 1 is 1.56 bits per heavy atom. The number of carbonyl (C=O) groups excluding carboxylic acids is 1. The molecule has 2 aliphatic rings. The van der Waals surface area contributed by atoms with Gasteiger partial charge < -0.3 is 10.2 Å². The number of hydrogen-bond acceptors (Lipinski definition) is 3. The largest absolute Gasteiger partial charge is 0.336 e. The number of likely N-dealkylation sites (tertiary alicyclic amines) is 1. The molecule has 0 bridgehead atoms. The number of nitrogens with zero attached hydrogens (tertiary/aromatic N) is 1. The van der Waals surface area contributed by atoms with Crippen molar-refractivity contribution in [2.24, 2.45) is 5.92 Å². The fourth-order valence-electron chi connectivity index (χ4n) is 2.93. The van der Waals surface area contributed by atoms with Gasteiger partial charge in [0.1, 0.15) is 0 Å². The first-order chi connectivity index (χ1) is 8.65. The number of halogens is 1. The van der Waals surface area contributed by atoms with Crippen LogP contribution >= 0.6 is 27.3 Å². The number of thiophene rings is 1. The van der Waals surface area contributed by atoms with Gasteiger partial charge in [-0.3, -0.25) is 4.79 Å². The minimum atomic E-state index is 0.199. The quantitative estimate of drug-likeness (QED) is 0.859. The van der Waals surface area contributed by atoms with Gasteiger partial charge in [-0.05, 0) is 59.8 Å². The van der Waals surface area contributed by atoms with Gasteiger partial charge in [0, 0.05) is 19.1 Å². The van der Waals surface area contributed by atoms with Gasteiger partial charge in [0.15, 0.2) is 0 Å². The molecule has 0 radical (unpaired) electrons. The van der Waals surface area contributed by atoms with E-state index in [-0.39, 0.29) is 5.91 Å². The Morgan fingerprint density at radius 3 is 3.06 bits per heavy atom. The third kappa shape index (κ3) is 2.24. The van der Waals surface area contributed by atoms with Gasteiger partial charge in [-0.25, -0.2) is 0 Å². The van der Waals surface area contributed by atoms with E-state index in [1.165, 1.54) is 12.8 Å². The molecular formula is C13H17BrN2OS. The summed E-state index contributed by atoms with van der Waals surface area (Å²) >= 11 is 5.04. The summed E-state index contributed by atoms with van der Waals surface area (Å²) in [6.45, 7) is 4.93. The second-order valence-corrected chi connectivity index (χ2v) is 7.61. The SMILES string of the molecule is Cc1cc(C(=O)N2CC3CCCNC3C2)sc1Br. The molecule has 98 valence electrons. The molecule has 3 rings (SSSR count). The first-order valence-corrected chi connectivity index (χ1v) is 8.04. The molecule has 3 heterocycles. The minimum Gasteiger partial charge on any atom is -0.336 e. The van der Waals surface area contributed by atoms with Crippen LogP contribution in [0.15, 0.2) is 9.85 Å². The Balaban J connectivity index is 1.74. The van der Waals surface area contributed by atoms with Crippen molar-refractivity contribution in [3.8, 4) is 0 Å². The van der Waals surface area contributed by atoms with Crippen molar-refractivity contribution in [2.75, 3.05) is 19.6 Å². The van der Waals surface area contributed by atoms with Crippen molar-refractivity contribution in [3.05, 3.63) is 20.3 Å². The maximum atomic E-state index is 12.4. The Hall–Kier alpha value is -0.390. The van der Waals surface area contributed by atoms with E-state index < -0.39 is 0 Å². The predicted octanol–water partition coefficient (Wildman–Crippen LogP) is 2.64. The van der Waals surface area contributed by atoms with Crippen molar-refractivity contribution in [2.45, 2.75) is 25.8 Å². The number of nitrogens with one attached hydrogen (secondary N) is 1. The lowest BCUT2D eigenvalue weighted by Crippen LogP contribution is -2.41. The lowest BCUT2D eigenvalue weighted by atomic mass is 9.94. The number of piperidine rings is 1. The first-order valence-electron chi connectivity index (χ1n) is 6.44. The molecule has 0 aliphatic carbocycles. The van der Waals surface area contributed by atoms with Crippen LogP contribution in [0.25, 0.3) is 0 Å². The first kappa shape index (κ1) is 12.6. The van der Waals surface area contributed by atoms with Crippen LogP contribution in [0, 0.1) is 12.8 Å². The molecule has 0 aromatic carbocycles. The van der Waals surface area contributed by atoms with Crippen molar-refractivity contribution in [3.63, 3.8) is 0 Å². The Morgan fingerprint density at radius 2 is 2.39 bits per heavy atom. The molecule has 18 heavy (non-hydrogen) atoms. The summed E-state index contributed by atoms with van der Waals surface area (Å²) in [4.78, 5) is 15.3. The fraction of sp³-hybridized carbons (Fsp3) is 0.615. The van der Waals surface area contributed by atoms with E-state index in [2.05, 4.69) is 21.2 Å². The van der Waals surface area contributed by atoms with Gasteiger partial charge >= 0.3 is 0 Å². The Bertz CT molecular complexity index is 440. The molecule has 2 saturated heterocycles. The Kier molecular flexibility index (Phi) is 3.47. The summed E-state index contributed by atoms with van der Waals surface area (Å²) in [7, 11) is 0. The zero-order valence-corrected chi connectivity index (χ0v) is 12.8. The summed E-state index contributed by atoms with van der Waals surface area (Å²) < 4.78 is 1.07. The lowest BCUT2D eigenvalue weighted by Gasteiger charge is -2.24. The zero-order valence-electron chi connectivity index (χ0n) is 10.4. The molecule has 1 amide bonds. The molecule has 5 heteroatoms. The van der Waals surface area contributed by atoms with E-state index in [0.717, 1.165) is 33.9 Å². The van der Waals surface area contributed by atoms with Crippen LogP contribution in [0.3, 0.4) is 0 Å². The van der Waals surface area contributed by atoms with E-state index >= 15 is 0 Å². The van der Waals surface area contributed by atoms with Crippen LogP contribution in [0.1, 0.15) is 28.1 Å². The van der Waals surface area contributed by atoms with Gasteiger partial charge in [-0.2, -0.15) is 0 Å². The van der Waals surface area contributed by atoms with Crippen LogP contribution < -0.4 is 5.32 Å². The van der Waals surface area contributed by atoms with E-state index in [4.69, 9.17) is 0 Å². The molecule has 2 aliphatic heterocycles. The summed E-state index contributed by atoms with van der Waals surface area (Å²) in [5.74, 6) is 0.859. The number of fused-ring (bicyclic) bond motifs is 1. The number of amides is 1. The highest BCUT2D eigenvalue weighted by Crippen LogP contribution is 2.31. The van der Waals surface area contributed by atoms with E-state index in [0.29, 0.717) is 12.0 Å². The van der Waals surface area contributed by atoms with Crippen molar-refractivity contribution in [1.29, 1.82) is 0 Å². The molecule has 1 N–H and O–H groups in total. The van der Waals surface area contributed by atoms with Gasteiger partial charge in [0.25, 0.3) is 5.91 Å².